The molecule has 0 aromatic heterocycles. The van der Waals surface area contributed by atoms with E-state index in [-0.39, 0.29) is 11.7 Å². The average molecular weight is 436 g/mol. The van der Waals surface area contributed by atoms with Gasteiger partial charge in [-0.3, -0.25) is 4.79 Å². The zero-order valence-corrected chi connectivity index (χ0v) is 17.9. The maximum absolute atomic E-state index is 14.3. The second kappa shape index (κ2) is 9.01. The van der Waals surface area contributed by atoms with Gasteiger partial charge in [0.05, 0.1) is 25.7 Å². The van der Waals surface area contributed by atoms with E-state index in [1.165, 1.54) is 13.0 Å². The lowest BCUT2D eigenvalue weighted by atomic mass is 9.87. The topological polar surface area (TPSA) is 76.0 Å². The second-order valence-corrected chi connectivity index (χ2v) is 8.12. The lowest BCUT2D eigenvalue weighted by molar-refractivity contribution is -0.145. The van der Waals surface area contributed by atoms with E-state index >= 15 is 0 Å². The molecule has 0 amide bonds. The van der Waals surface area contributed by atoms with Gasteiger partial charge in [-0.1, -0.05) is 30.3 Å². The van der Waals surface area contributed by atoms with Gasteiger partial charge in [-0.25, -0.2) is 4.39 Å². The van der Waals surface area contributed by atoms with Gasteiger partial charge in [-0.2, -0.15) is 0 Å². The summed E-state index contributed by atoms with van der Waals surface area (Å²) in [6, 6.07) is 17.7. The minimum Gasteiger partial charge on any atom is -0.497 e. The first-order valence-corrected chi connectivity index (χ1v) is 10.5. The van der Waals surface area contributed by atoms with Gasteiger partial charge < -0.3 is 19.7 Å². The van der Waals surface area contributed by atoms with E-state index in [1.54, 1.807) is 31.4 Å². The van der Waals surface area contributed by atoms with Crippen molar-refractivity contribution in [1.29, 1.82) is 0 Å². The van der Waals surface area contributed by atoms with E-state index in [2.05, 4.69) is 0 Å². The average Bonchev–Trinajstić information content (AvgIpc) is 2.82. The van der Waals surface area contributed by atoms with E-state index in [1.807, 2.05) is 30.3 Å². The third-order valence-corrected chi connectivity index (χ3v) is 6.06. The third-order valence-electron chi connectivity index (χ3n) is 6.06. The van der Waals surface area contributed by atoms with Crippen LogP contribution in [0.5, 0.6) is 11.5 Å². The largest absolute Gasteiger partial charge is 0.497 e. The van der Waals surface area contributed by atoms with E-state index in [0.717, 1.165) is 22.4 Å². The standard InChI is InChI=1S/C26H25FO5/c1-15(26(29)30)25(28)18-7-10-24-19(11-18)12-20(14-32-24)16-3-5-17(6-4-16)22-13-21(31-2)8-9-23(22)27/h3-11,13,15,20,25,28H,12,14H2,1-2H3,(H,29,30)/t15?,20?,25-/m1/s1. The maximum Gasteiger partial charge on any atom is 0.309 e. The van der Waals surface area contributed by atoms with Crippen molar-refractivity contribution < 1.29 is 28.9 Å². The molecule has 0 spiro atoms. The fourth-order valence-electron chi connectivity index (χ4n) is 4.02. The van der Waals surface area contributed by atoms with Crippen LogP contribution in [0.3, 0.4) is 0 Å². The molecule has 6 heteroatoms. The quantitative estimate of drug-likeness (QED) is 0.570. The molecule has 0 bridgehead atoms. The van der Waals surface area contributed by atoms with Gasteiger partial charge in [-0.05, 0) is 65.9 Å². The molecule has 0 saturated heterocycles. The maximum atomic E-state index is 14.3. The van der Waals surface area contributed by atoms with Crippen LogP contribution in [-0.4, -0.2) is 29.9 Å². The van der Waals surface area contributed by atoms with Gasteiger partial charge in [-0.15, -0.1) is 0 Å². The summed E-state index contributed by atoms with van der Waals surface area (Å²) < 4.78 is 25.4. The summed E-state index contributed by atoms with van der Waals surface area (Å²) in [4.78, 5) is 11.2. The molecule has 1 aliphatic heterocycles. The van der Waals surface area contributed by atoms with Gasteiger partial charge in [0.2, 0.25) is 0 Å². The number of aliphatic hydroxyl groups is 1. The van der Waals surface area contributed by atoms with Crippen LogP contribution in [0.15, 0.2) is 60.7 Å². The Balaban J connectivity index is 1.55. The number of aliphatic carboxylic acids is 1. The number of hydrogen-bond acceptors (Lipinski definition) is 4. The third kappa shape index (κ3) is 4.32. The predicted octanol–water partition coefficient (Wildman–Crippen LogP) is 4.97. The number of aliphatic hydroxyl groups excluding tert-OH is 1. The number of methoxy groups -OCH3 is 1. The van der Waals surface area contributed by atoms with Crippen molar-refractivity contribution in [3.63, 3.8) is 0 Å². The zero-order valence-electron chi connectivity index (χ0n) is 17.9. The number of ether oxygens (including phenoxy) is 2. The molecule has 3 aromatic carbocycles. The Hall–Kier alpha value is -3.38. The lowest BCUT2D eigenvalue weighted by Gasteiger charge is -2.27. The van der Waals surface area contributed by atoms with Crippen LogP contribution in [0.4, 0.5) is 4.39 Å². The summed E-state index contributed by atoms with van der Waals surface area (Å²) in [6.45, 7) is 1.99. The molecule has 32 heavy (non-hydrogen) atoms. The molecule has 1 aliphatic rings. The predicted molar refractivity (Wildman–Crippen MR) is 119 cm³/mol. The van der Waals surface area contributed by atoms with Crippen molar-refractivity contribution in [1.82, 2.24) is 0 Å². The van der Waals surface area contributed by atoms with E-state index in [4.69, 9.17) is 9.47 Å². The zero-order chi connectivity index (χ0) is 22.8. The number of hydrogen-bond donors (Lipinski definition) is 2. The first kappa shape index (κ1) is 21.8. The Morgan fingerprint density at radius 2 is 1.88 bits per heavy atom. The number of carbonyl (C=O) groups is 1. The molecule has 1 heterocycles. The van der Waals surface area contributed by atoms with Crippen molar-refractivity contribution in [2.75, 3.05) is 13.7 Å². The van der Waals surface area contributed by atoms with Crippen LogP contribution in [0.2, 0.25) is 0 Å². The Morgan fingerprint density at radius 1 is 1.12 bits per heavy atom. The molecule has 2 unspecified atom stereocenters. The molecule has 0 aliphatic carbocycles. The highest BCUT2D eigenvalue weighted by Gasteiger charge is 2.26. The number of rotatable bonds is 6. The Labute approximate surface area is 186 Å². The Bertz CT molecular complexity index is 1130. The van der Waals surface area contributed by atoms with Crippen molar-refractivity contribution >= 4 is 5.97 Å². The summed E-state index contributed by atoms with van der Waals surface area (Å²) in [5.74, 6) is -0.825. The van der Waals surface area contributed by atoms with Crippen LogP contribution >= 0.6 is 0 Å². The first-order valence-electron chi connectivity index (χ1n) is 10.5. The molecule has 0 radical (unpaired) electrons. The number of fused-ring (bicyclic) bond motifs is 1. The molecule has 4 rings (SSSR count). The van der Waals surface area contributed by atoms with Crippen LogP contribution in [0.25, 0.3) is 11.1 Å². The Morgan fingerprint density at radius 3 is 2.56 bits per heavy atom. The van der Waals surface area contributed by atoms with E-state index in [9.17, 15) is 19.4 Å². The summed E-state index contributed by atoms with van der Waals surface area (Å²) in [5, 5.41) is 19.6. The van der Waals surface area contributed by atoms with Crippen molar-refractivity contribution in [2.45, 2.75) is 25.4 Å². The van der Waals surface area contributed by atoms with Gasteiger partial charge in [0, 0.05) is 11.5 Å². The summed E-state index contributed by atoms with van der Waals surface area (Å²) in [5.41, 5.74) is 3.79. The molecular formula is C26H25FO5. The second-order valence-electron chi connectivity index (χ2n) is 8.12. The van der Waals surface area contributed by atoms with Gasteiger partial charge in [0.1, 0.15) is 17.3 Å². The molecule has 0 saturated carbocycles. The van der Waals surface area contributed by atoms with Crippen LogP contribution < -0.4 is 9.47 Å². The van der Waals surface area contributed by atoms with E-state index in [0.29, 0.717) is 29.9 Å². The minimum absolute atomic E-state index is 0.0935. The smallest absolute Gasteiger partial charge is 0.309 e. The number of carboxylic acid groups (broad SMARTS) is 1. The molecule has 3 atom stereocenters. The van der Waals surface area contributed by atoms with Crippen LogP contribution in [0, 0.1) is 11.7 Å². The molecule has 2 N–H and O–H groups in total. The Kier molecular flexibility index (Phi) is 6.15. The van der Waals surface area contributed by atoms with Crippen molar-refractivity contribution in [3.8, 4) is 22.6 Å². The fraction of sp³-hybridized carbons (Fsp3) is 0.269. The van der Waals surface area contributed by atoms with Gasteiger partial charge in [0.25, 0.3) is 0 Å². The molecular weight excluding hydrogens is 411 g/mol. The first-order chi connectivity index (χ1) is 15.4. The molecule has 166 valence electrons. The summed E-state index contributed by atoms with van der Waals surface area (Å²) >= 11 is 0. The fourth-order valence-corrected chi connectivity index (χ4v) is 4.02. The van der Waals surface area contributed by atoms with Gasteiger partial charge >= 0.3 is 5.97 Å². The van der Waals surface area contributed by atoms with E-state index < -0.39 is 18.0 Å². The highest BCUT2D eigenvalue weighted by atomic mass is 19.1. The molecule has 5 nitrogen and oxygen atoms in total. The van der Waals surface area contributed by atoms with Crippen LogP contribution in [0.1, 0.15) is 35.6 Å². The van der Waals surface area contributed by atoms with Crippen LogP contribution in [-0.2, 0) is 11.2 Å². The highest BCUT2D eigenvalue weighted by molar-refractivity contribution is 5.70. The monoisotopic (exact) mass is 436 g/mol. The summed E-state index contributed by atoms with van der Waals surface area (Å²) in [6.07, 6.45) is -0.389. The SMILES string of the molecule is COc1ccc(F)c(-c2ccc(C3COc4ccc([C@H](O)C(C)C(=O)O)cc4C3)cc2)c1. The molecule has 0 fully saturated rings. The van der Waals surface area contributed by atoms with Gasteiger partial charge in [0.15, 0.2) is 0 Å². The number of benzene rings is 3. The minimum atomic E-state index is -1.09. The lowest BCUT2D eigenvalue weighted by Crippen LogP contribution is -2.21. The highest BCUT2D eigenvalue weighted by Crippen LogP contribution is 2.36. The number of halogens is 1. The van der Waals surface area contributed by atoms with Crippen molar-refractivity contribution in [2.24, 2.45) is 5.92 Å². The number of carboxylic acids is 1. The van der Waals surface area contributed by atoms with Crippen molar-refractivity contribution in [3.05, 3.63) is 83.2 Å². The normalized spacial score (nSPS) is 17.1. The summed E-state index contributed by atoms with van der Waals surface area (Å²) in [7, 11) is 1.55. The molecule has 3 aromatic rings.